The quantitative estimate of drug-likeness (QED) is 0.869. The van der Waals surface area contributed by atoms with Crippen LogP contribution in [0.2, 0.25) is 0 Å². The van der Waals surface area contributed by atoms with Crippen LogP contribution in [0.15, 0.2) is 0 Å². The molecule has 0 aromatic carbocycles. The van der Waals surface area contributed by atoms with Crippen LogP contribution in [0.3, 0.4) is 0 Å². The maximum absolute atomic E-state index is 12.0. The summed E-state index contributed by atoms with van der Waals surface area (Å²) in [4.78, 5) is 20.7. The van der Waals surface area contributed by atoms with E-state index in [-0.39, 0.29) is 5.91 Å². The highest BCUT2D eigenvalue weighted by Gasteiger charge is 2.19. The number of piperidine rings is 1. The highest BCUT2D eigenvalue weighted by molar-refractivity contribution is 7.11. The molecule has 128 valence electrons. The van der Waals surface area contributed by atoms with Crippen LogP contribution >= 0.6 is 11.3 Å². The lowest BCUT2D eigenvalue weighted by Crippen LogP contribution is -2.37. The van der Waals surface area contributed by atoms with Crippen molar-refractivity contribution in [1.82, 2.24) is 15.2 Å². The van der Waals surface area contributed by atoms with Crippen molar-refractivity contribution in [3.8, 4) is 0 Å². The minimum atomic E-state index is 0.199. The van der Waals surface area contributed by atoms with E-state index in [1.54, 1.807) is 0 Å². The molecule has 2 heterocycles. The first-order chi connectivity index (χ1) is 11.2. The Morgan fingerprint density at radius 1 is 1.30 bits per heavy atom. The lowest BCUT2D eigenvalue weighted by Gasteiger charge is -2.32. The van der Waals surface area contributed by atoms with E-state index in [0.29, 0.717) is 12.5 Å². The number of nitrogens with zero attached hydrogens (tertiary/aromatic N) is 2. The predicted molar refractivity (Wildman–Crippen MR) is 95.0 cm³/mol. The Kier molecular flexibility index (Phi) is 6.06. The fourth-order valence-corrected chi connectivity index (χ4v) is 4.87. The highest BCUT2D eigenvalue weighted by Crippen LogP contribution is 2.26. The number of carbonyl (C=O) groups excluding carboxylic acids is 1. The molecular formula is C18H29N3OS. The minimum absolute atomic E-state index is 0.199. The summed E-state index contributed by atoms with van der Waals surface area (Å²) in [7, 11) is 2.19. The van der Waals surface area contributed by atoms with Crippen LogP contribution in [0, 0.1) is 0 Å². The van der Waals surface area contributed by atoms with Crippen LogP contribution in [0.25, 0.3) is 0 Å². The van der Waals surface area contributed by atoms with E-state index in [1.807, 2.05) is 11.3 Å². The molecule has 1 aromatic heterocycles. The Morgan fingerprint density at radius 3 is 3.00 bits per heavy atom. The molecule has 4 nitrogen and oxygen atoms in total. The standard InChI is InChI=1S/C18H29N3OS/c1-21-13-5-4-6-14(21)9-10-17(22)19-12-11-18-20-15-7-2-3-8-16(15)23-18/h14H,2-13H2,1H3,(H,19,22)/t14-/m0/s1. The summed E-state index contributed by atoms with van der Waals surface area (Å²) in [5, 5.41) is 4.27. The molecule has 1 amide bonds. The largest absolute Gasteiger partial charge is 0.356 e. The van der Waals surface area contributed by atoms with Crippen LogP contribution in [-0.2, 0) is 24.1 Å². The van der Waals surface area contributed by atoms with E-state index in [1.165, 1.54) is 60.6 Å². The summed E-state index contributed by atoms with van der Waals surface area (Å²) in [5.41, 5.74) is 1.32. The smallest absolute Gasteiger partial charge is 0.220 e. The number of rotatable bonds is 6. The Balaban J connectivity index is 1.35. The monoisotopic (exact) mass is 335 g/mol. The van der Waals surface area contributed by atoms with E-state index in [2.05, 4.69) is 17.3 Å². The van der Waals surface area contributed by atoms with Gasteiger partial charge in [-0.3, -0.25) is 4.79 Å². The number of hydrogen-bond acceptors (Lipinski definition) is 4. The van der Waals surface area contributed by atoms with Gasteiger partial charge in [0.25, 0.3) is 0 Å². The number of likely N-dealkylation sites (tertiary alicyclic amines) is 1. The number of hydrogen-bond donors (Lipinski definition) is 1. The molecule has 1 aliphatic heterocycles. The van der Waals surface area contributed by atoms with Gasteiger partial charge in [0.05, 0.1) is 10.7 Å². The number of fused-ring (bicyclic) bond motifs is 1. The van der Waals surface area contributed by atoms with E-state index in [0.717, 1.165) is 25.8 Å². The van der Waals surface area contributed by atoms with Crippen molar-refractivity contribution < 1.29 is 4.79 Å². The molecule has 1 aromatic rings. The summed E-state index contributed by atoms with van der Waals surface area (Å²) in [6.07, 6.45) is 11.3. The maximum Gasteiger partial charge on any atom is 0.220 e. The third-order valence-electron chi connectivity index (χ3n) is 5.18. The Labute approximate surface area is 143 Å². The van der Waals surface area contributed by atoms with Crippen molar-refractivity contribution in [1.29, 1.82) is 0 Å². The lowest BCUT2D eigenvalue weighted by molar-refractivity contribution is -0.121. The number of nitrogens with one attached hydrogen (secondary N) is 1. The second kappa shape index (κ2) is 8.25. The maximum atomic E-state index is 12.0. The molecule has 0 spiro atoms. The average molecular weight is 336 g/mol. The SMILES string of the molecule is CN1CCCC[C@H]1CCC(=O)NCCc1nc2c(s1)CCCC2. The van der Waals surface area contributed by atoms with Gasteiger partial charge in [-0.05, 0) is 58.5 Å². The molecular weight excluding hydrogens is 306 g/mol. The van der Waals surface area contributed by atoms with Gasteiger partial charge in [-0.15, -0.1) is 11.3 Å². The van der Waals surface area contributed by atoms with Crippen molar-refractivity contribution in [3.63, 3.8) is 0 Å². The summed E-state index contributed by atoms with van der Waals surface area (Å²) in [6.45, 7) is 1.91. The molecule has 0 radical (unpaired) electrons. The van der Waals surface area contributed by atoms with Gasteiger partial charge in [-0.2, -0.15) is 0 Å². The van der Waals surface area contributed by atoms with Gasteiger partial charge in [-0.1, -0.05) is 6.42 Å². The molecule has 3 rings (SSSR count). The van der Waals surface area contributed by atoms with Crippen LogP contribution in [0.4, 0.5) is 0 Å². The lowest BCUT2D eigenvalue weighted by atomic mass is 9.98. The van der Waals surface area contributed by atoms with E-state index >= 15 is 0 Å². The second-order valence-electron chi connectivity index (χ2n) is 6.95. The van der Waals surface area contributed by atoms with Crippen molar-refractivity contribution in [2.75, 3.05) is 20.1 Å². The molecule has 5 heteroatoms. The number of amides is 1. The summed E-state index contributed by atoms with van der Waals surface area (Å²) < 4.78 is 0. The van der Waals surface area contributed by atoms with Crippen LogP contribution < -0.4 is 5.32 Å². The molecule has 23 heavy (non-hydrogen) atoms. The van der Waals surface area contributed by atoms with Gasteiger partial charge >= 0.3 is 0 Å². The minimum Gasteiger partial charge on any atom is -0.356 e. The number of thiazole rings is 1. The highest BCUT2D eigenvalue weighted by atomic mass is 32.1. The number of aromatic nitrogens is 1. The van der Waals surface area contributed by atoms with Crippen LogP contribution in [0.1, 0.15) is 60.5 Å². The van der Waals surface area contributed by atoms with Crippen LogP contribution in [-0.4, -0.2) is 42.0 Å². The zero-order chi connectivity index (χ0) is 16.1. The third kappa shape index (κ3) is 4.77. The van der Waals surface area contributed by atoms with Gasteiger partial charge in [0.1, 0.15) is 0 Å². The number of aryl methyl sites for hydroxylation is 2. The zero-order valence-corrected chi connectivity index (χ0v) is 15.1. The first-order valence-corrected chi connectivity index (χ1v) is 9.98. The Hall–Kier alpha value is -0.940. The summed E-state index contributed by atoms with van der Waals surface area (Å²) in [5.74, 6) is 0.199. The van der Waals surface area contributed by atoms with Crippen molar-refractivity contribution in [2.45, 2.75) is 70.3 Å². The predicted octanol–water partition coefficient (Wildman–Crippen LogP) is 2.95. The molecule has 2 aliphatic rings. The van der Waals surface area contributed by atoms with Gasteiger partial charge < -0.3 is 10.2 Å². The second-order valence-corrected chi connectivity index (χ2v) is 8.12. The van der Waals surface area contributed by atoms with E-state index in [4.69, 9.17) is 4.98 Å². The molecule has 1 N–H and O–H groups in total. The zero-order valence-electron chi connectivity index (χ0n) is 14.3. The van der Waals surface area contributed by atoms with Gasteiger partial charge in [0, 0.05) is 30.3 Å². The van der Waals surface area contributed by atoms with E-state index in [9.17, 15) is 4.79 Å². The molecule has 0 bridgehead atoms. The third-order valence-corrected chi connectivity index (χ3v) is 6.39. The topological polar surface area (TPSA) is 45.2 Å². The first kappa shape index (κ1) is 16.9. The van der Waals surface area contributed by atoms with Crippen molar-refractivity contribution in [2.24, 2.45) is 0 Å². The molecule has 1 fully saturated rings. The Bertz CT molecular complexity index is 505. The molecule has 1 aliphatic carbocycles. The van der Waals surface area contributed by atoms with Gasteiger partial charge in [0.2, 0.25) is 5.91 Å². The average Bonchev–Trinajstić information content (AvgIpc) is 2.97. The fourth-order valence-electron chi connectivity index (χ4n) is 3.72. The van der Waals surface area contributed by atoms with Crippen molar-refractivity contribution in [3.05, 3.63) is 15.6 Å². The first-order valence-electron chi connectivity index (χ1n) is 9.17. The molecule has 1 atom stereocenters. The van der Waals surface area contributed by atoms with E-state index < -0.39 is 0 Å². The molecule has 1 saturated heterocycles. The molecule has 0 saturated carbocycles. The van der Waals surface area contributed by atoms with Gasteiger partial charge in [0.15, 0.2) is 0 Å². The summed E-state index contributed by atoms with van der Waals surface area (Å²) in [6, 6.07) is 0.597. The Morgan fingerprint density at radius 2 is 2.17 bits per heavy atom. The number of carbonyl (C=O) groups is 1. The molecule has 0 unspecified atom stereocenters. The summed E-state index contributed by atoms with van der Waals surface area (Å²) >= 11 is 1.85. The van der Waals surface area contributed by atoms with Gasteiger partial charge in [-0.25, -0.2) is 4.98 Å². The fraction of sp³-hybridized carbons (Fsp3) is 0.778. The van der Waals surface area contributed by atoms with Crippen LogP contribution in [0.5, 0.6) is 0 Å². The normalized spacial score (nSPS) is 21.9. The van der Waals surface area contributed by atoms with Crippen molar-refractivity contribution >= 4 is 17.2 Å².